The molecule has 0 bridgehead atoms. The Hall–Kier alpha value is -8.16. The molecule has 2 aliphatic rings. The van der Waals surface area contributed by atoms with Crippen molar-refractivity contribution < 1.29 is 44.5 Å². The summed E-state index contributed by atoms with van der Waals surface area (Å²) in [5, 5.41) is 4.89. The van der Waals surface area contributed by atoms with Crippen molar-refractivity contribution in [3.05, 3.63) is 264 Å². The predicted octanol–water partition coefficient (Wildman–Crippen LogP) is 15.5. The number of benzene rings is 7. The van der Waals surface area contributed by atoms with E-state index in [9.17, 15) is 19.7 Å². The molecule has 5 nitrogen and oxygen atoms in total. The second kappa shape index (κ2) is 20.3. The standard InChI is InChI=1S/C64H43F2N5.Ir/c65-52-28-24-48(25-29-52)59-32-18-42(39-67-59)14-16-44-36-45(17-15-43-19-33-60(68-40-43)49-26-30-53(66)31-27-49)38-51(37-44)54-10-4-5-11-55(54)58-41-69-63-57-13-7-6-12-56(57)61-34-35-70-71(61)64(63)62(58)50-22-20-47(21-23-50)46-8-2-1-3-9-46;/h1-12,18-24,26,28-41,61H,14-17H2;/q-2;+3/i14D2,15D2,16D2,17D2;. The van der Waals surface area contributed by atoms with E-state index < -0.39 is 37.1 Å². The van der Waals surface area contributed by atoms with Crippen LogP contribution in [0.5, 0.6) is 0 Å². The van der Waals surface area contributed by atoms with Crippen LogP contribution in [-0.2, 0) is 45.6 Å². The van der Waals surface area contributed by atoms with Gasteiger partial charge in [0, 0.05) is 52.8 Å². The SMILES string of the molecule is [2H]C([2H])(c1ccc(-c2[c-]cc(F)cc2)nc1)C([2H])([2H])c1cc(-c2ccccc2-c2cnc3c(c2-c2ccc(-c4ccccc4)cc2)[N+]2=NC=CC2c2ccc[c-]c2-3)cc(C([2H])([2H])C([2H])([2H])c2ccc(-c3[c-]cc(F)cc3)nc2)c1.[Ir+3]. The first kappa shape index (κ1) is 37.6. The first-order chi connectivity index (χ1) is 38.0. The largest absolute Gasteiger partial charge is 3.00 e. The van der Waals surface area contributed by atoms with Crippen LogP contribution in [0.4, 0.5) is 14.5 Å². The average molecular weight is 1120 g/mol. The third kappa shape index (κ3) is 9.31. The Morgan fingerprint density at radius 1 is 0.514 bits per heavy atom. The number of halogens is 2. The number of fused-ring (bicyclic) bond motifs is 6. The van der Waals surface area contributed by atoms with Crippen molar-refractivity contribution >= 4 is 5.69 Å². The summed E-state index contributed by atoms with van der Waals surface area (Å²) in [6.07, 6.45) is -3.53. The van der Waals surface area contributed by atoms with Crippen molar-refractivity contribution in [2.24, 2.45) is 5.11 Å². The maximum atomic E-state index is 13.8. The van der Waals surface area contributed by atoms with E-state index in [-0.39, 0.29) is 54.0 Å². The van der Waals surface area contributed by atoms with Crippen LogP contribution in [0.2, 0.25) is 0 Å². The second-order valence-corrected chi connectivity index (χ2v) is 17.0. The minimum Gasteiger partial charge on any atom is -0.304 e. The van der Waals surface area contributed by atoms with E-state index in [1.54, 1.807) is 18.5 Å². The molecule has 0 fully saturated rings. The number of rotatable bonds is 12. The van der Waals surface area contributed by atoms with E-state index in [1.807, 2.05) is 77.5 Å². The molecule has 8 heteroatoms. The normalized spacial score (nSPS) is 15.6. The van der Waals surface area contributed by atoms with Crippen LogP contribution in [0, 0.1) is 29.8 Å². The monoisotopic (exact) mass is 1120 g/mol. The average Bonchev–Trinajstić information content (AvgIpc) is 4.09. The van der Waals surface area contributed by atoms with Crippen LogP contribution in [0.15, 0.2) is 212 Å². The minimum absolute atomic E-state index is 0. The zero-order valence-electron chi connectivity index (χ0n) is 46.0. The zero-order valence-corrected chi connectivity index (χ0v) is 40.4. The molecule has 1 unspecified atom stereocenters. The molecule has 5 heterocycles. The van der Waals surface area contributed by atoms with Gasteiger partial charge in [0.2, 0.25) is 5.69 Å². The molecule has 0 aliphatic carbocycles. The van der Waals surface area contributed by atoms with Crippen LogP contribution in [0.25, 0.3) is 78.3 Å². The van der Waals surface area contributed by atoms with Gasteiger partial charge in [0.05, 0.1) is 17.5 Å². The number of aryl methyl sites for hydroxylation is 4. The number of azo groups is 2. The molecule has 0 N–H and O–H groups in total. The van der Waals surface area contributed by atoms with E-state index >= 15 is 0 Å². The number of hydrogen-bond donors (Lipinski definition) is 0. The second-order valence-electron chi connectivity index (χ2n) is 17.0. The predicted molar refractivity (Wildman–Crippen MR) is 276 cm³/mol. The Bertz CT molecular complexity index is 3900. The summed E-state index contributed by atoms with van der Waals surface area (Å²) in [7, 11) is 0. The van der Waals surface area contributed by atoms with Crippen molar-refractivity contribution in [1.29, 1.82) is 0 Å². The number of aromatic nitrogens is 3. The molecule has 0 radical (unpaired) electrons. The van der Waals surface area contributed by atoms with Gasteiger partial charge >= 0.3 is 20.1 Å². The number of hydrogen-bond acceptors (Lipinski definition) is 4. The van der Waals surface area contributed by atoms with Gasteiger partial charge < -0.3 is 9.97 Å². The Labute approximate surface area is 442 Å². The molecule has 12 rings (SSSR count). The van der Waals surface area contributed by atoms with Gasteiger partial charge in [-0.3, -0.25) is 13.8 Å². The first-order valence-electron chi connectivity index (χ1n) is 26.9. The summed E-state index contributed by atoms with van der Waals surface area (Å²) >= 11 is 0. The van der Waals surface area contributed by atoms with Crippen molar-refractivity contribution in [2.75, 3.05) is 0 Å². The van der Waals surface area contributed by atoms with Gasteiger partial charge in [0.15, 0.2) is 6.04 Å². The Morgan fingerprint density at radius 2 is 1.11 bits per heavy atom. The van der Waals surface area contributed by atoms with Gasteiger partial charge in [-0.15, -0.1) is 89.5 Å². The molecule has 1 atom stereocenters. The molecular weight excluding hydrogens is 1070 g/mol. The number of pyridine rings is 3. The molecule has 346 valence electrons. The fourth-order valence-corrected chi connectivity index (χ4v) is 9.11. The van der Waals surface area contributed by atoms with Crippen molar-refractivity contribution in [1.82, 2.24) is 15.0 Å². The maximum Gasteiger partial charge on any atom is 3.00 e. The number of nitrogens with zero attached hydrogens (tertiary/aromatic N) is 5. The van der Waals surface area contributed by atoms with Crippen LogP contribution in [-0.4, -0.2) is 19.6 Å². The third-order valence-electron chi connectivity index (χ3n) is 12.5. The van der Waals surface area contributed by atoms with Crippen molar-refractivity contribution in [3.63, 3.8) is 0 Å². The molecule has 0 spiro atoms. The smallest absolute Gasteiger partial charge is 0.304 e. The Balaban J connectivity index is 0.00000675. The Kier molecular flexibility index (Phi) is 10.6. The fraction of sp³-hybridized carbons (Fsp3) is 0.0781. The summed E-state index contributed by atoms with van der Waals surface area (Å²) in [6.45, 7) is 0. The molecule has 7 aromatic carbocycles. The van der Waals surface area contributed by atoms with Crippen LogP contribution in [0.3, 0.4) is 0 Å². The summed E-state index contributed by atoms with van der Waals surface area (Å²) < 4.78 is 107. The van der Waals surface area contributed by atoms with E-state index in [0.717, 1.165) is 51.2 Å². The molecular formula is C64H43F2IrN5+. The van der Waals surface area contributed by atoms with Crippen LogP contribution in [0.1, 0.15) is 44.8 Å². The third-order valence-corrected chi connectivity index (χ3v) is 12.5. The quantitative estimate of drug-likeness (QED) is 0.0905. The topological polar surface area (TPSA) is 54.0 Å². The zero-order chi connectivity index (χ0) is 54.8. The summed E-state index contributed by atoms with van der Waals surface area (Å²) in [4.78, 5) is 14.0. The van der Waals surface area contributed by atoms with Gasteiger partial charge in [-0.05, 0) is 97.6 Å². The molecule has 0 saturated carbocycles. The first-order valence-corrected chi connectivity index (χ1v) is 22.9. The molecule has 0 amide bonds. The molecule has 2 aliphatic heterocycles. The summed E-state index contributed by atoms with van der Waals surface area (Å²) in [5.41, 5.74) is 9.60. The van der Waals surface area contributed by atoms with Crippen LogP contribution < -0.4 is 0 Å². The molecule has 3 aromatic heterocycles. The Morgan fingerprint density at radius 3 is 1.72 bits per heavy atom. The minimum atomic E-state index is -2.93. The fourth-order valence-electron chi connectivity index (χ4n) is 9.11. The van der Waals surface area contributed by atoms with Gasteiger partial charge in [-0.2, -0.15) is 0 Å². The van der Waals surface area contributed by atoms with E-state index in [1.165, 1.54) is 79.1 Å². The van der Waals surface area contributed by atoms with Gasteiger partial charge in [-0.25, -0.2) is 0 Å². The maximum absolute atomic E-state index is 13.8. The summed E-state index contributed by atoms with van der Waals surface area (Å²) in [5.74, 6) is -0.983. The summed E-state index contributed by atoms with van der Waals surface area (Å²) in [6, 6.07) is 58.0. The van der Waals surface area contributed by atoms with E-state index in [4.69, 9.17) is 10.1 Å². The van der Waals surface area contributed by atoms with Gasteiger partial charge in [0.25, 0.3) is 0 Å². The van der Waals surface area contributed by atoms with Crippen LogP contribution >= 0.6 is 0 Å². The van der Waals surface area contributed by atoms with Gasteiger partial charge in [-0.1, -0.05) is 132 Å². The molecule has 10 aromatic rings. The van der Waals surface area contributed by atoms with E-state index in [0.29, 0.717) is 44.9 Å². The van der Waals surface area contributed by atoms with E-state index in [2.05, 4.69) is 52.4 Å². The van der Waals surface area contributed by atoms with Crippen molar-refractivity contribution in [3.8, 4) is 78.3 Å². The molecule has 0 saturated heterocycles. The molecule has 72 heavy (non-hydrogen) atoms. The van der Waals surface area contributed by atoms with Crippen molar-refractivity contribution in [2.45, 2.75) is 31.5 Å². The van der Waals surface area contributed by atoms with Gasteiger partial charge in [0.1, 0.15) is 0 Å².